The van der Waals surface area contributed by atoms with Crippen molar-refractivity contribution in [2.75, 3.05) is 16.4 Å². The first-order valence-electron chi connectivity index (χ1n) is 10.1. The van der Waals surface area contributed by atoms with Gasteiger partial charge in [0.2, 0.25) is 5.91 Å². The molecule has 0 aliphatic carbocycles. The standard InChI is InChI=1S/C23H20FN5O2S2/c24-16-7-9-17(10-8-16)26-22(31)19-5-1-2-6-20(19)27-21(30)14-33-23-28-25-15-29(23)12-11-18-4-3-13-32-18/h1-10,13,15H,11-12,14H2,(H,26,31)(H,27,30). The zero-order valence-corrected chi connectivity index (χ0v) is 19.0. The van der Waals surface area contributed by atoms with Gasteiger partial charge in [0, 0.05) is 17.1 Å². The molecule has 0 bridgehead atoms. The van der Waals surface area contributed by atoms with Gasteiger partial charge in [-0.15, -0.1) is 21.5 Å². The molecule has 0 atom stereocenters. The van der Waals surface area contributed by atoms with Crippen molar-refractivity contribution in [3.05, 3.63) is 88.6 Å². The van der Waals surface area contributed by atoms with Gasteiger partial charge in [-0.3, -0.25) is 9.59 Å². The van der Waals surface area contributed by atoms with Crippen molar-refractivity contribution in [1.29, 1.82) is 0 Å². The lowest BCUT2D eigenvalue weighted by Gasteiger charge is -2.11. The minimum atomic E-state index is -0.404. The molecule has 4 aromatic rings. The summed E-state index contributed by atoms with van der Waals surface area (Å²) in [5.41, 5.74) is 1.15. The van der Waals surface area contributed by atoms with Crippen LogP contribution in [0.5, 0.6) is 0 Å². The molecule has 0 fully saturated rings. The van der Waals surface area contributed by atoms with Crippen LogP contribution in [0, 0.1) is 5.82 Å². The third-order valence-electron chi connectivity index (χ3n) is 4.64. The van der Waals surface area contributed by atoms with Crippen molar-refractivity contribution in [3.8, 4) is 0 Å². The number of hydrogen-bond donors (Lipinski definition) is 2. The highest BCUT2D eigenvalue weighted by molar-refractivity contribution is 7.99. The first-order chi connectivity index (χ1) is 16.1. The molecule has 33 heavy (non-hydrogen) atoms. The van der Waals surface area contributed by atoms with E-state index < -0.39 is 5.91 Å². The second-order valence-corrected chi connectivity index (χ2v) is 8.95. The van der Waals surface area contributed by atoms with Gasteiger partial charge in [0.05, 0.1) is 17.0 Å². The third-order valence-corrected chi connectivity index (χ3v) is 6.56. The summed E-state index contributed by atoms with van der Waals surface area (Å²) < 4.78 is 15.0. The predicted molar refractivity (Wildman–Crippen MR) is 128 cm³/mol. The Morgan fingerprint density at radius 3 is 2.64 bits per heavy atom. The molecule has 2 heterocycles. The van der Waals surface area contributed by atoms with Crippen molar-refractivity contribution in [2.45, 2.75) is 18.1 Å². The first kappa shape index (κ1) is 22.7. The summed E-state index contributed by atoms with van der Waals surface area (Å²) in [6.45, 7) is 0.726. The smallest absolute Gasteiger partial charge is 0.257 e. The van der Waals surface area contributed by atoms with Gasteiger partial charge < -0.3 is 15.2 Å². The number of halogens is 1. The van der Waals surface area contributed by atoms with Crippen LogP contribution in [0.15, 0.2) is 77.5 Å². The Bertz CT molecular complexity index is 1230. The van der Waals surface area contributed by atoms with E-state index in [0.717, 1.165) is 13.0 Å². The highest BCUT2D eigenvalue weighted by Gasteiger charge is 2.15. The van der Waals surface area contributed by atoms with Crippen LogP contribution in [-0.2, 0) is 17.8 Å². The summed E-state index contributed by atoms with van der Waals surface area (Å²) in [6.07, 6.45) is 2.52. The van der Waals surface area contributed by atoms with E-state index in [2.05, 4.69) is 26.9 Å². The van der Waals surface area contributed by atoms with Crippen LogP contribution < -0.4 is 10.6 Å². The average molecular weight is 482 g/mol. The predicted octanol–water partition coefficient (Wildman–Crippen LogP) is 4.70. The maximum atomic E-state index is 13.1. The van der Waals surface area contributed by atoms with Crippen LogP contribution >= 0.6 is 23.1 Å². The zero-order chi connectivity index (χ0) is 23.0. The average Bonchev–Trinajstić information content (AvgIpc) is 3.50. The number of nitrogens with zero attached hydrogens (tertiary/aromatic N) is 3. The van der Waals surface area contributed by atoms with Gasteiger partial charge in [-0.05, 0) is 54.3 Å². The highest BCUT2D eigenvalue weighted by Crippen LogP contribution is 2.20. The summed E-state index contributed by atoms with van der Waals surface area (Å²) in [5.74, 6) is -0.945. The maximum absolute atomic E-state index is 13.1. The summed E-state index contributed by atoms with van der Waals surface area (Å²) >= 11 is 2.98. The second kappa shape index (κ2) is 10.9. The van der Waals surface area contributed by atoms with Crippen molar-refractivity contribution in [3.63, 3.8) is 0 Å². The molecule has 7 nitrogen and oxygen atoms in total. The molecule has 0 saturated heterocycles. The number of aryl methyl sites for hydroxylation is 2. The topological polar surface area (TPSA) is 88.9 Å². The molecule has 0 aliphatic heterocycles. The van der Waals surface area contributed by atoms with E-state index in [-0.39, 0.29) is 17.5 Å². The van der Waals surface area contributed by atoms with Crippen LogP contribution in [0.2, 0.25) is 0 Å². The monoisotopic (exact) mass is 481 g/mol. The number of thioether (sulfide) groups is 1. The van der Waals surface area contributed by atoms with Gasteiger partial charge >= 0.3 is 0 Å². The van der Waals surface area contributed by atoms with Crippen molar-refractivity contribution in [1.82, 2.24) is 14.8 Å². The van der Waals surface area contributed by atoms with Gasteiger partial charge in [0.15, 0.2) is 5.16 Å². The molecule has 0 spiro atoms. The Morgan fingerprint density at radius 2 is 1.85 bits per heavy atom. The SMILES string of the molecule is O=C(CSc1nncn1CCc1cccs1)Nc1ccccc1C(=O)Nc1ccc(F)cc1. The molecule has 2 aromatic carbocycles. The number of benzene rings is 2. The molecular weight excluding hydrogens is 461 g/mol. The van der Waals surface area contributed by atoms with Crippen LogP contribution in [0.1, 0.15) is 15.2 Å². The molecule has 2 aromatic heterocycles. The Labute approximate surface area is 198 Å². The number of aromatic nitrogens is 3. The molecule has 0 unspecified atom stereocenters. The van der Waals surface area contributed by atoms with Gasteiger partial charge in [-0.25, -0.2) is 4.39 Å². The van der Waals surface area contributed by atoms with Crippen LogP contribution in [0.25, 0.3) is 0 Å². The Hall–Kier alpha value is -3.50. The van der Waals surface area contributed by atoms with E-state index in [0.29, 0.717) is 22.1 Å². The number of carbonyl (C=O) groups is 2. The van der Waals surface area contributed by atoms with Crippen molar-refractivity contribution >= 4 is 46.3 Å². The van der Waals surface area contributed by atoms with Gasteiger partial charge in [-0.2, -0.15) is 0 Å². The number of para-hydroxylation sites is 1. The van der Waals surface area contributed by atoms with E-state index in [1.165, 1.54) is 40.9 Å². The van der Waals surface area contributed by atoms with E-state index >= 15 is 0 Å². The van der Waals surface area contributed by atoms with E-state index in [1.54, 1.807) is 41.9 Å². The summed E-state index contributed by atoms with van der Waals surface area (Å²) in [4.78, 5) is 26.5. The van der Waals surface area contributed by atoms with Gasteiger partial charge in [0.1, 0.15) is 12.1 Å². The molecule has 10 heteroatoms. The fourth-order valence-corrected chi connectivity index (χ4v) is 4.47. The number of hydrogen-bond acceptors (Lipinski definition) is 6. The second-order valence-electron chi connectivity index (χ2n) is 6.98. The summed E-state index contributed by atoms with van der Waals surface area (Å²) in [5, 5.41) is 16.2. The summed E-state index contributed by atoms with van der Waals surface area (Å²) in [7, 11) is 0. The lowest BCUT2D eigenvalue weighted by molar-refractivity contribution is -0.113. The van der Waals surface area contributed by atoms with E-state index in [9.17, 15) is 14.0 Å². The number of rotatable bonds is 9. The molecule has 4 rings (SSSR count). The maximum Gasteiger partial charge on any atom is 0.257 e. The number of nitrogens with one attached hydrogen (secondary N) is 2. The van der Waals surface area contributed by atoms with Gasteiger partial charge in [-0.1, -0.05) is 30.0 Å². The fraction of sp³-hybridized carbons (Fsp3) is 0.130. The molecule has 2 N–H and O–H groups in total. The molecule has 0 aliphatic rings. The molecule has 2 amide bonds. The lowest BCUT2D eigenvalue weighted by atomic mass is 10.1. The minimum absolute atomic E-state index is 0.117. The number of anilines is 2. The normalized spacial score (nSPS) is 10.7. The summed E-state index contributed by atoms with van der Waals surface area (Å²) in [6, 6.07) is 16.3. The number of carbonyl (C=O) groups excluding carboxylic acids is 2. The van der Waals surface area contributed by atoms with Gasteiger partial charge in [0.25, 0.3) is 5.91 Å². The molecular formula is C23H20FN5O2S2. The Kier molecular flexibility index (Phi) is 7.48. The van der Waals surface area contributed by atoms with Crippen LogP contribution in [0.3, 0.4) is 0 Å². The zero-order valence-electron chi connectivity index (χ0n) is 17.4. The van der Waals surface area contributed by atoms with Crippen LogP contribution in [0.4, 0.5) is 15.8 Å². The Morgan fingerprint density at radius 1 is 1.03 bits per heavy atom. The number of thiophene rings is 1. The van der Waals surface area contributed by atoms with E-state index in [4.69, 9.17) is 0 Å². The van der Waals surface area contributed by atoms with Crippen molar-refractivity contribution < 1.29 is 14.0 Å². The molecule has 168 valence electrons. The first-order valence-corrected chi connectivity index (χ1v) is 11.9. The number of amides is 2. The minimum Gasteiger partial charge on any atom is -0.325 e. The fourth-order valence-electron chi connectivity index (χ4n) is 3.03. The lowest BCUT2D eigenvalue weighted by Crippen LogP contribution is -2.19. The van der Waals surface area contributed by atoms with E-state index in [1.807, 2.05) is 16.0 Å². The highest BCUT2D eigenvalue weighted by atomic mass is 32.2. The largest absolute Gasteiger partial charge is 0.325 e. The quantitative estimate of drug-likeness (QED) is 0.338. The molecule has 0 saturated carbocycles. The third kappa shape index (κ3) is 6.27. The van der Waals surface area contributed by atoms with Crippen molar-refractivity contribution in [2.24, 2.45) is 0 Å². The molecule has 0 radical (unpaired) electrons. The Balaban J connectivity index is 1.34. The van der Waals surface area contributed by atoms with Crippen LogP contribution in [-0.4, -0.2) is 32.3 Å².